The van der Waals surface area contributed by atoms with Gasteiger partial charge in [0.25, 0.3) is 0 Å². The normalized spacial score (nSPS) is 11.9. The monoisotopic (exact) mass is 668 g/mol. The lowest BCUT2D eigenvalue weighted by Gasteiger charge is -2.11. The van der Waals surface area contributed by atoms with Crippen LogP contribution in [0.1, 0.15) is 0 Å². The lowest BCUT2D eigenvalue weighted by Crippen LogP contribution is -1.97. The van der Waals surface area contributed by atoms with Crippen LogP contribution >= 0.6 is 11.3 Å². The summed E-state index contributed by atoms with van der Waals surface area (Å²) in [5, 5.41) is 7.51. The maximum absolute atomic E-state index is 5.17. The number of benzene rings is 7. The first-order valence-corrected chi connectivity index (χ1v) is 18.0. The van der Waals surface area contributed by atoms with Gasteiger partial charge in [0, 0.05) is 70.4 Å². The molecule has 0 radical (unpaired) electrons. The standard InChI is InChI=1S/C46H28N4S/c1-2-13-30(14-3-1)49-40-21-7-4-16-32(40)37-27-38-33-17-5-8-22-41(33)50(43(38)28-42(37)49)31-15-10-12-29(26-31)46-47-25-24-39(48-46)36-20-11-19-35-34-18-6-9-23-44(34)51-45(35)36/h1-28H. The molecule has 0 saturated heterocycles. The van der Waals surface area contributed by atoms with Gasteiger partial charge in [-0.25, -0.2) is 9.97 Å². The highest BCUT2D eigenvalue weighted by Gasteiger charge is 2.19. The van der Waals surface area contributed by atoms with Crippen molar-refractivity contribution in [3.8, 4) is 34.0 Å². The molecule has 0 amide bonds. The first kappa shape index (κ1) is 28.3. The molecule has 238 valence electrons. The van der Waals surface area contributed by atoms with Gasteiger partial charge in [0.15, 0.2) is 5.82 Å². The quantitative estimate of drug-likeness (QED) is 0.187. The van der Waals surface area contributed by atoms with Crippen molar-refractivity contribution in [2.45, 2.75) is 0 Å². The highest BCUT2D eigenvalue weighted by Crippen LogP contribution is 2.41. The van der Waals surface area contributed by atoms with Crippen molar-refractivity contribution >= 4 is 75.1 Å². The molecule has 0 aliphatic rings. The van der Waals surface area contributed by atoms with E-state index in [0.717, 1.165) is 33.7 Å². The van der Waals surface area contributed by atoms with E-state index in [2.05, 4.69) is 167 Å². The second kappa shape index (κ2) is 11.0. The zero-order valence-electron chi connectivity index (χ0n) is 27.4. The molecule has 0 aliphatic heterocycles. The van der Waals surface area contributed by atoms with E-state index in [0.29, 0.717) is 5.82 Å². The molecule has 0 bridgehead atoms. The van der Waals surface area contributed by atoms with Gasteiger partial charge in [-0.15, -0.1) is 11.3 Å². The van der Waals surface area contributed by atoms with Crippen LogP contribution in [0, 0.1) is 0 Å². The number of rotatable bonds is 4. The molecule has 0 aliphatic carbocycles. The zero-order chi connectivity index (χ0) is 33.5. The topological polar surface area (TPSA) is 35.6 Å². The number of fused-ring (bicyclic) bond motifs is 9. The van der Waals surface area contributed by atoms with Crippen LogP contribution in [0.5, 0.6) is 0 Å². The fourth-order valence-electron chi connectivity index (χ4n) is 7.95. The molecule has 5 heteroatoms. The molecule has 0 N–H and O–H groups in total. The Balaban J connectivity index is 1.11. The van der Waals surface area contributed by atoms with E-state index in [1.165, 1.54) is 58.3 Å². The number of aromatic nitrogens is 4. The lowest BCUT2D eigenvalue weighted by molar-refractivity contribution is 1.15. The van der Waals surface area contributed by atoms with Crippen LogP contribution in [0.15, 0.2) is 170 Å². The Hall–Kier alpha value is -6.56. The molecule has 0 spiro atoms. The van der Waals surface area contributed by atoms with E-state index >= 15 is 0 Å². The number of nitrogens with zero attached hydrogens (tertiary/aromatic N) is 4. The molecule has 4 aromatic heterocycles. The average Bonchev–Trinajstić information content (AvgIpc) is 3.85. The van der Waals surface area contributed by atoms with Gasteiger partial charge in [0.05, 0.1) is 27.8 Å². The van der Waals surface area contributed by atoms with Gasteiger partial charge in [-0.2, -0.15) is 0 Å². The SMILES string of the molecule is c1ccc(-n2c3ccccc3c3cc4c5ccccc5n(-c5cccc(-c6nccc(-c7cccc8c7sc7ccccc78)n6)c5)c4cc32)cc1. The van der Waals surface area contributed by atoms with Gasteiger partial charge in [-0.3, -0.25) is 0 Å². The molecular weight excluding hydrogens is 641 g/mol. The van der Waals surface area contributed by atoms with Gasteiger partial charge >= 0.3 is 0 Å². The third-order valence-corrected chi connectivity index (χ3v) is 11.4. The van der Waals surface area contributed by atoms with Crippen LogP contribution < -0.4 is 0 Å². The minimum absolute atomic E-state index is 0.708. The van der Waals surface area contributed by atoms with E-state index in [9.17, 15) is 0 Å². The molecule has 4 heterocycles. The van der Waals surface area contributed by atoms with Crippen molar-refractivity contribution in [3.63, 3.8) is 0 Å². The third-order valence-electron chi connectivity index (χ3n) is 10.2. The molecule has 7 aromatic carbocycles. The Morgan fingerprint density at radius 3 is 1.84 bits per heavy atom. The van der Waals surface area contributed by atoms with Gasteiger partial charge in [0.2, 0.25) is 0 Å². The van der Waals surface area contributed by atoms with E-state index in [1.807, 2.05) is 23.6 Å². The maximum Gasteiger partial charge on any atom is 0.159 e. The van der Waals surface area contributed by atoms with Crippen LogP contribution in [0.3, 0.4) is 0 Å². The Morgan fingerprint density at radius 1 is 0.431 bits per heavy atom. The minimum atomic E-state index is 0.708. The molecule has 0 saturated carbocycles. The van der Waals surface area contributed by atoms with Crippen LogP contribution in [0.25, 0.3) is 97.8 Å². The fourth-order valence-corrected chi connectivity index (χ4v) is 9.17. The van der Waals surface area contributed by atoms with Gasteiger partial charge in [-0.1, -0.05) is 103 Å². The van der Waals surface area contributed by atoms with Crippen molar-refractivity contribution in [3.05, 3.63) is 170 Å². The average molecular weight is 669 g/mol. The van der Waals surface area contributed by atoms with Crippen molar-refractivity contribution in [1.82, 2.24) is 19.1 Å². The van der Waals surface area contributed by atoms with E-state index < -0.39 is 0 Å². The van der Waals surface area contributed by atoms with E-state index in [4.69, 9.17) is 9.97 Å². The summed E-state index contributed by atoms with van der Waals surface area (Å²) >= 11 is 1.82. The fraction of sp³-hybridized carbons (Fsp3) is 0. The molecule has 11 aromatic rings. The summed E-state index contributed by atoms with van der Waals surface area (Å²) in [5.41, 5.74) is 9.96. The molecule has 0 fully saturated rings. The highest BCUT2D eigenvalue weighted by molar-refractivity contribution is 7.26. The van der Waals surface area contributed by atoms with Gasteiger partial charge < -0.3 is 9.13 Å². The Morgan fingerprint density at radius 2 is 1.06 bits per heavy atom. The second-order valence-electron chi connectivity index (χ2n) is 13.0. The van der Waals surface area contributed by atoms with Crippen LogP contribution in [-0.4, -0.2) is 19.1 Å². The van der Waals surface area contributed by atoms with E-state index in [-0.39, 0.29) is 0 Å². The largest absolute Gasteiger partial charge is 0.309 e. The summed E-state index contributed by atoms with van der Waals surface area (Å²) in [7, 11) is 0. The first-order chi connectivity index (χ1) is 25.3. The number of hydrogen-bond acceptors (Lipinski definition) is 3. The smallest absolute Gasteiger partial charge is 0.159 e. The summed E-state index contributed by atoms with van der Waals surface area (Å²) < 4.78 is 7.32. The van der Waals surface area contributed by atoms with Crippen LogP contribution in [0.4, 0.5) is 0 Å². The first-order valence-electron chi connectivity index (χ1n) is 17.2. The number of para-hydroxylation sites is 3. The number of hydrogen-bond donors (Lipinski definition) is 0. The second-order valence-corrected chi connectivity index (χ2v) is 14.1. The highest BCUT2D eigenvalue weighted by atomic mass is 32.1. The summed E-state index contributed by atoms with van der Waals surface area (Å²) in [5.74, 6) is 0.708. The Bertz CT molecular complexity index is 3150. The third kappa shape index (κ3) is 4.25. The number of thiophene rings is 1. The molecule has 0 unspecified atom stereocenters. The van der Waals surface area contributed by atoms with Crippen molar-refractivity contribution in [1.29, 1.82) is 0 Å². The van der Waals surface area contributed by atoms with Gasteiger partial charge in [0.1, 0.15) is 0 Å². The predicted octanol–water partition coefficient (Wildman–Crippen LogP) is 12.4. The van der Waals surface area contributed by atoms with E-state index in [1.54, 1.807) is 0 Å². The van der Waals surface area contributed by atoms with Crippen LogP contribution in [0.2, 0.25) is 0 Å². The van der Waals surface area contributed by atoms with Crippen molar-refractivity contribution < 1.29 is 0 Å². The summed E-state index contributed by atoms with van der Waals surface area (Å²) in [6, 6.07) is 58.7. The molecule has 11 rings (SSSR count). The van der Waals surface area contributed by atoms with Crippen molar-refractivity contribution in [2.24, 2.45) is 0 Å². The predicted molar refractivity (Wildman–Crippen MR) is 214 cm³/mol. The summed E-state index contributed by atoms with van der Waals surface area (Å²) in [6.07, 6.45) is 1.89. The minimum Gasteiger partial charge on any atom is -0.309 e. The Kier molecular flexibility index (Phi) is 6.09. The molecular formula is C46H28N4S. The molecule has 0 atom stereocenters. The van der Waals surface area contributed by atoms with Crippen LogP contribution in [-0.2, 0) is 0 Å². The Labute approximate surface area is 297 Å². The maximum atomic E-state index is 5.17. The zero-order valence-corrected chi connectivity index (χ0v) is 28.2. The lowest BCUT2D eigenvalue weighted by atomic mass is 10.1. The summed E-state index contributed by atoms with van der Waals surface area (Å²) in [4.78, 5) is 9.97. The van der Waals surface area contributed by atoms with Crippen molar-refractivity contribution in [2.75, 3.05) is 0 Å². The van der Waals surface area contributed by atoms with Gasteiger partial charge in [-0.05, 0) is 60.7 Å². The summed E-state index contributed by atoms with van der Waals surface area (Å²) in [6.45, 7) is 0. The molecule has 4 nitrogen and oxygen atoms in total. The molecule has 51 heavy (non-hydrogen) atoms.